The minimum Gasteiger partial charge on any atom is -0.353 e. The van der Waals surface area contributed by atoms with Crippen LogP contribution in [0, 0.1) is 15.9 Å². The van der Waals surface area contributed by atoms with Gasteiger partial charge in [-0.05, 0) is 13.0 Å². The number of piperazine rings is 1. The van der Waals surface area contributed by atoms with E-state index in [4.69, 9.17) is 0 Å². The number of nitro groups is 1. The Labute approximate surface area is 119 Å². The Morgan fingerprint density at radius 2 is 2.14 bits per heavy atom. The lowest BCUT2D eigenvalue weighted by atomic mass is 10.2. The molecule has 10 heteroatoms. The van der Waals surface area contributed by atoms with Crippen LogP contribution in [-0.4, -0.2) is 42.7 Å². The summed E-state index contributed by atoms with van der Waals surface area (Å²) in [7, 11) is -4.10. The zero-order chi connectivity index (χ0) is 15.8. The minimum absolute atomic E-state index is 0.0495. The van der Waals surface area contributed by atoms with E-state index in [-0.39, 0.29) is 13.1 Å². The second-order valence-corrected chi connectivity index (χ2v) is 6.34. The Morgan fingerprint density at radius 1 is 1.48 bits per heavy atom. The fourth-order valence-corrected chi connectivity index (χ4v) is 3.63. The minimum atomic E-state index is -4.10. The van der Waals surface area contributed by atoms with Gasteiger partial charge in [0.25, 0.3) is 0 Å². The Bertz CT molecular complexity index is 706. The number of benzene rings is 1. The number of halogens is 1. The van der Waals surface area contributed by atoms with E-state index in [1.165, 1.54) is 6.92 Å². The van der Waals surface area contributed by atoms with Crippen LogP contribution in [0.1, 0.15) is 6.92 Å². The van der Waals surface area contributed by atoms with Gasteiger partial charge in [0.15, 0.2) is 0 Å². The van der Waals surface area contributed by atoms with E-state index in [2.05, 4.69) is 5.32 Å². The lowest BCUT2D eigenvalue weighted by Crippen LogP contribution is -2.55. The third kappa shape index (κ3) is 2.72. The summed E-state index contributed by atoms with van der Waals surface area (Å²) in [6, 6.07) is 1.40. The molecular weight excluding hydrogens is 305 g/mol. The molecule has 1 N–H and O–H groups in total. The number of carbonyl (C=O) groups is 1. The van der Waals surface area contributed by atoms with Gasteiger partial charge >= 0.3 is 5.69 Å². The summed E-state index contributed by atoms with van der Waals surface area (Å²) in [5, 5.41) is 13.0. The maximum atomic E-state index is 13.6. The number of nitro benzene ring substituents is 1. The molecule has 1 atom stereocenters. The summed E-state index contributed by atoms with van der Waals surface area (Å²) in [5.74, 6) is -1.69. The normalized spacial score (nSPS) is 20.1. The SMILES string of the molecule is CC1C(=O)NCCN1S(=O)(=O)c1ccc([N+](=O)[O-])c(F)c1. The van der Waals surface area contributed by atoms with Crippen LogP contribution >= 0.6 is 0 Å². The standard InChI is InChI=1S/C11H12FN3O5S/c1-7-11(16)13-4-5-14(7)21(19,20)8-2-3-10(15(17)18)9(12)6-8/h2-3,6-7H,4-5H2,1H3,(H,13,16). The molecule has 0 radical (unpaired) electrons. The maximum absolute atomic E-state index is 13.6. The van der Waals surface area contributed by atoms with Crippen LogP contribution in [-0.2, 0) is 14.8 Å². The largest absolute Gasteiger partial charge is 0.353 e. The van der Waals surface area contributed by atoms with E-state index in [1.54, 1.807) is 0 Å². The summed E-state index contributed by atoms with van der Waals surface area (Å²) in [6.07, 6.45) is 0. The van der Waals surface area contributed by atoms with Gasteiger partial charge in [-0.1, -0.05) is 0 Å². The summed E-state index contributed by atoms with van der Waals surface area (Å²) >= 11 is 0. The third-order valence-electron chi connectivity index (χ3n) is 3.17. The Balaban J connectivity index is 2.42. The number of nitrogens with one attached hydrogen (secondary N) is 1. The highest BCUT2D eigenvalue weighted by Gasteiger charge is 2.36. The number of hydrogen-bond donors (Lipinski definition) is 1. The number of hydrogen-bond acceptors (Lipinski definition) is 5. The molecule has 1 aliphatic heterocycles. The quantitative estimate of drug-likeness (QED) is 0.634. The molecule has 1 aliphatic rings. The van der Waals surface area contributed by atoms with Crippen molar-refractivity contribution in [3.8, 4) is 0 Å². The van der Waals surface area contributed by atoms with Gasteiger partial charge in [0, 0.05) is 25.2 Å². The van der Waals surface area contributed by atoms with Crippen molar-refractivity contribution >= 4 is 21.6 Å². The molecule has 1 fully saturated rings. The van der Waals surface area contributed by atoms with Crippen LogP contribution in [0.15, 0.2) is 23.1 Å². The molecule has 0 aromatic heterocycles. The van der Waals surface area contributed by atoms with Crippen molar-refractivity contribution in [2.24, 2.45) is 0 Å². The monoisotopic (exact) mass is 317 g/mol. The molecular formula is C11H12FN3O5S. The van der Waals surface area contributed by atoms with Crippen LogP contribution < -0.4 is 5.32 Å². The average molecular weight is 317 g/mol. The Morgan fingerprint density at radius 3 is 2.71 bits per heavy atom. The number of sulfonamides is 1. The lowest BCUT2D eigenvalue weighted by molar-refractivity contribution is -0.387. The van der Waals surface area contributed by atoms with Crippen LogP contribution in [0.4, 0.5) is 10.1 Å². The predicted molar refractivity (Wildman–Crippen MR) is 69.4 cm³/mol. The van der Waals surface area contributed by atoms with Crippen molar-refractivity contribution in [1.82, 2.24) is 9.62 Å². The van der Waals surface area contributed by atoms with Crippen LogP contribution in [0.3, 0.4) is 0 Å². The lowest BCUT2D eigenvalue weighted by Gasteiger charge is -2.31. The van der Waals surface area contributed by atoms with Crippen LogP contribution in [0.2, 0.25) is 0 Å². The highest BCUT2D eigenvalue weighted by atomic mass is 32.2. The first-order valence-electron chi connectivity index (χ1n) is 5.98. The van der Waals surface area contributed by atoms with Gasteiger partial charge in [-0.25, -0.2) is 8.42 Å². The zero-order valence-corrected chi connectivity index (χ0v) is 11.8. The smallest absolute Gasteiger partial charge is 0.304 e. The van der Waals surface area contributed by atoms with E-state index in [1.807, 2.05) is 0 Å². The van der Waals surface area contributed by atoms with Gasteiger partial charge in [0.2, 0.25) is 21.7 Å². The summed E-state index contributed by atoms with van der Waals surface area (Å²) < 4.78 is 39.3. The van der Waals surface area contributed by atoms with E-state index in [9.17, 15) is 27.7 Å². The number of nitrogens with zero attached hydrogens (tertiary/aromatic N) is 2. The Kier molecular flexibility index (Phi) is 3.92. The second kappa shape index (κ2) is 5.37. The molecule has 1 saturated heterocycles. The highest BCUT2D eigenvalue weighted by molar-refractivity contribution is 7.89. The van der Waals surface area contributed by atoms with Crippen molar-refractivity contribution in [1.29, 1.82) is 0 Å². The molecule has 114 valence electrons. The summed E-state index contributed by atoms with van der Waals surface area (Å²) in [4.78, 5) is 20.7. The number of rotatable bonds is 3. The van der Waals surface area contributed by atoms with Crippen molar-refractivity contribution in [3.05, 3.63) is 34.1 Å². The van der Waals surface area contributed by atoms with Crippen LogP contribution in [0.5, 0.6) is 0 Å². The van der Waals surface area contributed by atoms with E-state index < -0.39 is 43.3 Å². The van der Waals surface area contributed by atoms with Gasteiger partial charge in [0.1, 0.15) is 6.04 Å². The first-order chi connectivity index (χ1) is 9.75. The fourth-order valence-electron chi connectivity index (χ4n) is 2.02. The fraction of sp³-hybridized carbons (Fsp3) is 0.364. The molecule has 21 heavy (non-hydrogen) atoms. The van der Waals surface area contributed by atoms with E-state index in [0.29, 0.717) is 6.07 Å². The molecule has 2 rings (SSSR count). The highest BCUT2D eigenvalue weighted by Crippen LogP contribution is 2.24. The third-order valence-corrected chi connectivity index (χ3v) is 5.13. The average Bonchev–Trinajstić information content (AvgIpc) is 2.41. The van der Waals surface area contributed by atoms with E-state index >= 15 is 0 Å². The molecule has 1 aromatic rings. The Hall–Kier alpha value is -2.07. The van der Waals surface area contributed by atoms with Gasteiger partial charge in [-0.2, -0.15) is 8.70 Å². The second-order valence-electron chi connectivity index (χ2n) is 4.45. The molecule has 8 nitrogen and oxygen atoms in total. The van der Waals surface area contributed by atoms with Crippen molar-refractivity contribution < 1.29 is 22.5 Å². The number of amides is 1. The van der Waals surface area contributed by atoms with Gasteiger partial charge in [-0.3, -0.25) is 14.9 Å². The van der Waals surface area contributed by atoms with Crippen molar-refractivity contribution in [2.75, 3.05) is 13.1 Å². The number of carbonyl (C=O) groups excluding carboxylic acids is 1. The van der Waals surface area contributed by atoms with Gasteiger partial charge in [0.05, 0.1) is 9.82 Å². The molecule has 1 aromatic carbocycles. The first kappa shape index (κ1) is 15.3. The molecule has 0 bridgehead atoms. The molecule has 1 amide bonds. The molecule has 0 aliphatic carbocycles. The topological polar surface area (TPSA) is 110 Å². The maximum Gasteiger partial charge on any atom is 0.304 e. The van der Waals surface area contributed by atoms with Crippen molar-refractivity contribution in [3.63, 3.8) is 0 Å². The zero-order valence-electron chi connectivity index (χ0n) is 10.9. The van der Waals surface area contributed by atoms with Crippen molar-refractivity contribution in [2.45, 2.75) is 17.9 Å². The predicted octanol–water partition coefficient (Wildman–Crippen LogP) is 0.243. The molecule has 0 saturated carbocycles. The molecule has 1 unspecified atom stereocenters. The van der Waals surface area contributed by atoms with Crippen LogP contribution in [0.25, 0.3) is 0 Å². The molecule has 0 spiro atoms. The first-order valence-corrected chi connectivity index (χ1v) is 7.42. The van der Waals surface area contributed by atoms with Gasteiger partial charge < -0.3 is 5.32 Å². The summed E-state index contributed by atoms with van der Waals surface area (Å²) in [5.41, 5.74) is -0.807. The molecule has 1 heterocycles. The van der Waals surface area contributed by atoms with Gasteiger partial charge in [-0.15, -0.1) is 0 Å². The summed E-state index contributed by atoms with van der Waals surface area (Å²) in [6.45, 7) is 1.61. The van der Waals surface area contributed by atoms with E-state index in [0.717, 1.165) is 16.4 Å².